The molecule has 0 unspecified atom stereocenters. The van der Waals surface area contributed by atoms with Crippen molar-refractivity contribution in [1.82, 2.24) is 0 Å². The minimum atomic E-state index is -1.28. The van der Waals surface area contributed by atoms with Gasteiger partial charge >= 0.3 is 5.97 Å². The number of halogens is 3. The highest BCUT2D eigenvalue weighted by Gasteiger charge is 2.17. The maximum Gasteiger partial charge on any atom is 0.339 e. The maximum atomic E-state index is 10.9. The summed E-state index contributed by atoms with van der Waals surface area (Å²) in [4.78, 5) is 10.9. The van der Waals surface area contributed by atoms with Gasteiger partial charge in [-0.3, -0.25) is 0 Å². The Bertz CT molecular complexity index is 729. The molecule has 2 rings (SSSR count). The van der Waals surface area contributed by atoms with Crippen LogP contribution in [0.4, 0.5) is 0 Å². The molecule has 3 N–H and O–H groups in total. The van der Waals surface area contributed by atoms with Gasteiger partial charge in [0.05, 0.1) is 10.0 Å². The Morgan fingerprint density at radius 1 is 1.00 bits per heavy atom. The van der Waals surface area contributed by atoms with Crippen LogP contribution < -0.4 is 0 Å². The number of benzene rings is 2. The summed E-state index contributed by atoms with van der Waals surface area (Å²) >= 11 is 17.7. The molecule has 7 heteroatoms. The third-order valence-electron chi connectivity index (χ3n) is 2.91. The van der Waals surface area contributed by atoms with Crippen molar-refractivity contribution in [2.75, 3.05) is 0 Å². The van der Waals surface area contributed by atoms with Crippen LogP contribution in [-0.4, -0.2) is 21.3 Å². The molecule has 0 aliphatic heterocycles. The number of phenolic OH excluding ortho intramolecular Hbond substituents is 1. The van der Waals surface area contributed by atoms with Crippen LogP contribution in [0.15, 0.2) is 24.3 Å². The lowest BCUT2D eigenvalue weighted by atomic mass is 10.0. The smallest absolute Gasteiger partial charge is 0.339 e. The Hall–Kier alpha value is -1.62. The summed E-state index contributed by atoms with van der Waals surface area (Å²) in [6.45, 7) is 0. The van der Waals surface area contributed by atoms with Crippen LogP contribution in [0.1, 0.15) is 21.5 Å². The number of carboxylic acids is 1. The number of aromatic hydroxyl groups is 2. The monoisotopic (exact) mass is 346 g/mol. The van der Waals surface area contributed by atoms with Crippen molar-refractivity contribution in [3.63, 3.8) is 0 Å². The van der Waals surface area contributed by atoms with Gasteiger partial charge in [0.1, 0.15) is 17.1 Å². The molecule has 0 atom stereocenters. The Labute approximate surface area is 135 Å². The van der Waals surface area contributed by atoms with E-state index in [2.05, 4.69) is 0 Å². The Morgan fingerprint density at radius 3 is 2.29 bits per heavy atom. The fraction of sp³-hybridized carbons (Fsp3) is 0.0714. The minimum absolute atomic E-state index is 0.0922. The van der Waals surface area contributed by atoms with E-state index < -0.39 is 11.7 Å². The first-order valence-corrected chi connectivity index (χ1v) is 6.85. The molecule has 0 bridgehead atoms. The zero-order valence-corrected chi connectivity index (χ0v) is 12.7. The van der Waals surface area contributed by atoms with Crippen LogP contribution in [0.25, 0.3) is 0 Å². The first kappa shape index (κ1) is 15.8. The van der Waals surface area contributed by atoms with Crippen molar-refractivity contribution in [3.05, 3.63) is 56.0 Å². The average molecular weight is 348 g/mol. The molecule has 0 radical (unpaired) electrons. The van der Waals surface area contributed by atoms with Gasteiger partial charge in [-0.1, -0.05) is 40.9 Å². The van der Waals surface area contributed by atoms with E-state index in [1.807, 2.05) is 0 Å². The van der Waals surface area contributed by atoms with Gasteiger partial charge in [0, 0.05) is 17.0 Å². The molecule has 2 aromatic carbocycles. The highest BCUT2D eigenvalue weighted by molar-refractivity contribution is 6.35. The molecule has 4 nitrogen and oxygen atoms in total. The molecule has 0 aliphatic carbocycles. The van der Waals surface area contributed by atoms with E-state index in [-0.39, 0.29) is 27.8 Å². The van der Waals surface area contributed by atoms with Crippen LogP contribution in [0.3, 0.4) is 0 Å². The van der Waals surface area contributed by atoms with Crippen LogP contribution in [0.2, 0.25) is 15.1 Å². The van der Waals surface area contributed by atoms with Crippen LogP contribution in [0.5, 0.6) is 11.5 Å². The van der Waals surface area contributed by atoms with Crippen molar-refractivity contribution in [3.8, 4) is 11.5 Å². The zero-order valence-electron chi connectivity index (χ0n) is 10.4. The highest BCUT2D eigenvalue weighted by atomic mass is 35.5. The van der Waals surface area contributed by atoms with Gasteiger partial charge in [0.25, 0.3) is 0 Å². The topological polar surface area (TPSA) is 77.8 Å². The van der Waals surface area contributed by atoms with E-state index in [0.29, 0.717) is 16.1 Å². The zero-order chi connectivity index (χ0) is 15.7. The van der Waals surface area contributed by atoms with Gasteiger partial charge in [-0.2, -0.15) is 0 Å². The SMILES string of the molecule is O=C(O)c1ccc(Cc2cc(Cl)cc(Cl)c2O)c(Cl)c1O. The summed E-state index contributed by atoms with van der Waals surface area (Å²) in [5.41, 5.74) is 0.557. The fourth-order valence-electron chi connectivity index (χ4n) is 1.87. The molecular formula is C14H9Cl3O4. The van der Waals surface area contributed by atoms with Crippen molar-refractivity contribution < 1.29 is 20.1 Å². The molecule has 0 aromatic heterocycles. The molecule has 0 saturated carbocycles. The fourth-order valence-corrected chi connectivity index (χ4v) is 2.64. The highest BCUT2D eigenvalue weighted by Crippen LogP contribution is 2.36. The summed E-state index contributed by atoms with van der Waals surface area (Å²) in [6, 6.07) is 5.61. The van der Waals surface area contributed by atoms with E-state index in [4.69, 9.17) is 39.9 Å². The third-order valence-corrected chi connectivity index (χ3v) is 3.84. The van der Waals surface area contributed by atoms with E-state index in [1.54, 1.807) is 0 Å². The third kappa shape index (κ3) is 3.18. The summed E-state index contributed by atoms with van der Waals surface area (Å²) in [6.07, 6.45) is 0.137. The van der Waals surface area contributed by atoms with Gasteiger partial charge in [0.2, 0.25) is 0 Å². The lowest BCUT2D eigenvalue weighted by Gasteiger charge is -2.11. The standard InChI is InChI=1S/C14H9Cl3O4/c15-8-4-7(12(18)10(16)5-8)3-6-1-2-9(14(20)21)13(19)11(6)17/h1-2,4-5,18-19H,3H2,(H,20,21). The van der Waals surface area contributed by atoms with E-state index >= 15 is 0 Å². The van der Waals surface area contributed by atoms with Gasteiger partial charge in [0.15, 0.2) is 0 Å². The molecular weight excluding hydrogens is 339 g/mol. The quantitative estimate of drug-likeness (QED) is 0.771. The van der Waals surface area contributed by atoms with Crippen LogP contribution in [0, 0.1) is 0 Å². The second-order valence-corrected chi connectivity index (χ2v) is 5.53. The van der Waals surface area contributed by atoms with Gasteiger partial charge in [-0.15, -0.1) is 0 Å². The van der Waals surface area contributed by atoms with Gasteiger partial charge < -0.3 is 15.3 Å². The van der Waals surface area contributed by atoms with Crippen molar-refractivity contribution >= 4 is 40.8 Å². The van der Waals surface area contributed by atoms with Crippen molar-refractivity contribution in [2.24, 2.45) is 0 Å². The molecule has 0 saturated heterocycles. The van der Waals surface area contributed by atoms with Crippen molar-refractivity contribution in [2.45, 2.75) is 6.42 Å². The van der Waals surface area contributed by atoms with E-state index in [0.717, 1.165) is 0 Å². The maximum absolute atomic E-state index is 10.9. The average Bonchev–Trinajstić information content (AvgIpc) is 2.40. The molecule has 0 fully saturated rings. The normalized spacial score (nSPS) is 10.6. The predicted molar refractivity (Wildman–Crippen MR) is 81.0 cm³/mol. The lowest BCUT2D eigenvalue weighted by Crippen LogP contribution is -1.99. The molecule has 0 spiro atoms. The number of phenols is 2. The summed E-state index contributed by atoms with van der Waals surface area (Å²) in [5.74, 6) is -1.94. The second kappa shape index (κ2) is 6.02. The number of hydrogen-bond acceptors (Lipinski definition) is 3. The molecule has 110 valence electrons. The molecule has 0 amide bonds. The number of rotatable bonds is 3. The number of carbonyl (C=O) groups is 1. The largest absolute Gasteiger partial charge is 0.506 e. The molecule has 0 heterocycles. The molecule has 0 aliphatic rings. The summed E-state index contributed by atoms with van der Waals surface area (Å²) in [5, 5.41) is 28.9. The van der Waals surface area contributed by atoms with Gasteiger partial charge in [-0.25, -0.2) is 4.79 Å². The first-order valence-electron chi connectivity index (χ1n) is 5.71. The number of hydrogen-bond donors (Lipinski definition) is 3. The van der Waals surface area contributed by atoms with Crippen molar-refractivity contribution in [1.29, 1.82) is 0 Å². The predicted octanol–water partition coefficient (Wildman–Crippen LogP) is 4.35. The second-order valence-electron chi connectivity index (χ2n) is 4.31. The summed E-state index contributed by atoms with van der Waals surface area (Å²) < 4.78 is 0. The van der Waals surface area contributed by atoms with Gasteiger partial charge in [-0.05, 0) is 23.8 Å². The number of aromatic carboxylic acids is 1. The first-order chi connectivity index (χ1) is 9.81. The lowest BCUT2D eigenvalue weighted by molar-refractivity contribution is 0.0693. The Kier molecular flexibility index (Phi) is 4.52. The molecule has 21 heavy (non-hydrogen) atoms. The number of carboxylic acid groups (broad SMARTS) is 1. The Morgan fingerprint density at radius 2 is 1.67 bits per heavy atom. The van der Waals surface area contributed by atoms with Crippen LogP contribution in [-0.2, 0) is 6.42 Å². The van der Waals surface area contributed by atoms with Crippen LogP contribution >= 0.6 is 34.8 Å². The van der Waals surface area contributed by atoms with E-state index in [9.17, 15) is 15.0 Å². The Balaban J connectivity index is 2.46. The molecule has 2 aromatic rings. The van der Waals surface area contributed by atoms with E-state index in [1.165, 1.54) is 24.3 Å². The summed E-state index contributed by atoms with van der Waals surface area (Å²) in [7, 11) is 0. The minimum Gasteiger partial charge on any atom is -0.506 e.